The van der Waals surface area contributed by atoms with Gasteiger partial charge in [0.25, 0.3) is 0 Å². The van der Waals surface area contributed by atoms with Gasteiger partial charge in [-0.1, -0.05) is 35.9 Å². The number of hydrogen-bond donors (Lipinski definition) is 0. The van der Waals surface area contributed by atoms with Crippen LogP contribution in [0.1, 0.15) is 37.6 Å². The lowest BCUT2D eigenvalue weighted by molar-refractivity contribution is -0.149. The Bertz CT molecular complexity index is 984. The molecule has 2 heterocycles. The van der Waals surface area contributed by atoms with Crippen molar-refractivity contribution in [3.63, 3.8) is 0 Å². The molecule has 0 radical (unpaired) electrons. The molecule has 1 aliphatic heterocycles. The zero-order valence-electron chi connectivity index (χ0n) is 16.1. The van der Waals surface area contributed by atoms with Crippen LogP contribution in [-0.2, 0) is 21.4 Å². The first kappa shape index (κ1) is 17.9. The van der Waals surface area contributed by atoms with Gasteiger partial charge in [-0.2, -0.15) is 0 Å². The largest absolute Gasteiger partial charge is 0.386 e. The molecule has 0 N–H and O–H groups in total. The van der Waals surface area contributed by atoms with E-state index in [1.54, 1.807) is 0 Å². The van der Waals surface area contributed by atoms with Crippen molar-refractivity contribution >= 4 is 17.5 Å². The van der Waals surface area contributed by atoms with Crippen LogP contribution in [0.3, 0.4) is 0 Å². The van der Waals surface area contributed by atoms with Crippen molar-refractivity contribution < 1.29 is 14.3 Å². The van der Waals surface area contributed by atoms with Gasteiger partial charge in [-0.3, -0.25) is 0 Å². The van der Waals surface area contributed by atoms with E-state index in [1.807, 2.05) is 52.9 Å². The van der Waals surface area contributed by atoms with E-state index in [0.717, 1.165) is 39.2 Å². The zero-order valence-corrected chi connectivity index (χ0v) is 16.1. The number of esters is 2. The standard InChI is InChI=1S/C22H23NO3/c1-12(2)17-19(22(25)26-21(17)24)13(3)18-14(4)20(23(6)15(18)5)16-10-8-7-9-11-16/h7-11H,1-6H3/b19-13-. The number of carbonyl (C=O) groups excluding carboxylic acids is 2. The molecule has 1 saturated heterocycles. The zero-order chi connectivity index (χ0) is 19.2. The fourth-order valence-corrected chi connectivity index (χ4v) is 3.85. The average molecular weight is 349 g/mol. The fourth-order valence-electron chi connectivity index (χ4n) is 3.85. The third kappa shape index (κ3) is 2.62. The van der Waals surface area contributed by atoms with Gasteiger partial charge in [0.05, 0.1) is 16.8 Å². The van der Waals surface area contributed by atoms with Crippen molar-refractivity contribution in [1.29, 1.82) is 0 Å². The van der Waals surface area contributed by atoms with Gasteiger partial charge in [0, 0.05) is 18.3 Å². The van der Waals surface area contributed by atoms with Crippen molar-refractivity contribution in [2.75, 3.05) is 0 Å². The second-order valence-electron chi connectivity index (χ2n) is 6.91. The number of carbonyl (C=O) groups is 2. The topological polar surface area (TPSA) is 48.3 Å². The lowest BCUT2D eigenvalue weighted by Gasteiger charge is -2.08. The van der Waals surface area contributed by atoms with E-state index >= 15 is 0 Å². The monoisotopic (exact) mass is 349 g/mol. The van der Waals surface area contributed by atoms with Crippen LogP contribution in [0.15, 0.2) is 47.1 Å². The number of benzene rings is 1. The van der Waals surface area contributed by atoms with Gasteiger partial charge in [-0.05, 0) is 51.3 Å². The summed E-state index contributed by atoms with van der Waals surface area (Å²) in [5.41, 5.74) is 7.68. The molecule has 1 fully saturated rings. The smallest absolute Gasteiger partial charge is 0.347 e. The molecule has 1 aromatic carbocycles. The summed E-state index contributed by atoms with van der Waals surface area (Å²) in [5, 5.41) is 0. The highest BCUT2D eigenvalue weighted by molar-refractivity contribution is 6.22. The lowest BCUT2D eigenvalue weighted by Crippen LogP contribution is -2.01. The van der Waals surface area contributed by atoms with Crippen LogP contribution in [0.25, 0.3) is 16.8 Å². The second-order valence-corrected chi connectivity index (χ2v) is 6.91. The Morgan fingerprint density at radius 2 is 1.50 bits per heavy atom. The Balaban J connectivity index is 2.30. The van der Waals surface area contributed by atoms with E-state index < -0.39 is 11.9 Å². The van der Waals surface area contributed by atoms with Crippen LogP contribution in [0.5, 0.6) is 0 Å². The highest BCUT2D eigenvalue weighted by Gasteiger charge is 2.37. The van der Waals surface area contributed by atoms with Crippen molar-refractivity contribution in [2.45, 2.75) is 34.6 Å². The number of ether oxygens (including phenoxy) is 1. The van der Waals surface area contributed by atoms with Crippen LogP contribution < -0.4 is 0 Å². The number of hydrogen-bond acceptors (Lipinski definition) is 3. The molecule has 0 spiro atoms. The van der Waals surface area contributed by atoms with Gasteiger partial charge < -0.3 is 9.30 Å². The van der Waals surface area contributed by atoms with Crippen LogP contribution in [0, 0.1) is 13.8 Å². The molecule has 4 nitrogen and oxygen atoms in total. The molecule has 0 unspecified atom stereocenters. The quantitative estimate of drug-likeness (QED) is 0.455. The van der Waals surface area contributed by atoms with E-state index in [4.69, 9.17) is 4.74 Å². The van der Waals surface area contributed by atoms with E-state index in [2.05, 4.69) is 23.6 Å². The highest BCUT2D eigenvalue weighted by Crippen LogP contribution is 2.38. The number of nitrogens with zero attached hydrogens (tertiary/aromatic N) is 1. The van der Waals surface area contributed by atoms with Gasteiger partial charge >= 0.3 is 11.9 Å². The minimum atomic E-state index is -0.562. The molecular weight excluding hydrogens is 326 g/mol. The predicted octanol–water partition coefficient (Wildman–Crippen LogP) is 4.50. The molecule has 0 saturated carbocycles. The molecular formula is C22H23NO3. The third-order valence-electron chi connectivity index (χ3n) is 5.07. The van der Waals surface area contributed by atoms with Gasteiger partial charge in [-0.15, -0.1) is 0 Å². The first-order chi connectivity index (χ1) is 12.3. The Morgan fingerprint density at radius 1 is 0.923 bits per heavy atom. The van der Waals surface area contributed by atoms with Crippen molar-refractivity contribution in [3.8, 4) is 11.3 Å². The maximum atomic E-state index is 12.4. The molecule has 0 bridgehead atoms. The summed E-state index contributed by atoms with van der Waals surface area (Å²) in [5.74, 6) is -1.12. The number of cyclic esters (lactones) is 2. The van der Waals surface area contributed by atoms with Gasteiger partial charge in [0.15, 0.2) is 0 Å². The van der Waals surface area contributed by atoms with Gasteiger partial charge in [-0.25, -0.2) is 9.59 Å². The number of allylic oxidation sites excluding steroid dienone is 2. The Labute approximate surface area is 153 Å². The first-order valence-electron chi connectivity index (χ1n) is 8.62. The molecule has 0 aliphatic carbocycles. The molecule has 1 aromatic heterocycles. The lowest BCUT2D eigenvalue weighted by atomic mass is 9.92. The van der Waals surface area contributed by atoms with Crippen LogP contribution in [0.4, 0.5) is 0 Å². The van der Waals surface area contributed by atoms with Crippen LogP contribution in [0.2, 0.25) is 0 Å². The van der Waals surface area contributed by atoms with Crippen molar-refractivity contribution in [1.82, 2.24) is 4.57 Å². The second kappa shape index (κ2) is 6.45. The summed E-state index contributed by atoms with van der Waals surface area (Å²) in [7, 11) is 2.02. The minimum Gasteiger partial charge on any atom is -0.386 e. The molecule has 0 atom stereocenters. The van der Waals surface area contributed by atoms with Gasteiger partial charge in [0.2, 0.25) is 0 Å². The summed E-state index contributed by atoms with van der Waals surface area (Å²) in [4.78, 5) is 24.5. The van der Waals surface area contributed by atoms with E-state index in [-0.39, 0.29) is 0 Å². The highest BCUT2D eigenvalue weighted by atomic mass is 16.6. The summed E-state index contributed by atoms with van der Waals surface area (Å²) >= 11 is 0. The van der Waals surface area contributed by atoms with E-state index in [9.17, 15) is 9.59 Å². The summed E-state index contributed by atoms with van der Waals surface area (Å²) < 4.78 is 7.02. The third-order valence-corrected chi connectivity index (χ3v) is 5.07. The summed E-state index contributed by atoms with van der Waals surface area (Å²) in [6.07, 6.45) is 0. The van der Waals surface area contributed by atoms with Crippen molar-refractivity contribution in [3.05, 3.63) is 63.9 Å². The van der Waals surface area contributed by atoms with Crippen LogP contribution in [-0.4, -0.2) is 16.5 Å². The predicted molar refractivity (Wildman–Crippen MR) is 102 cm³/mol. The summed E-state index contributed by atoms with van der Waals surface area (Å²) in [6.45, 7) is 9.62. The maximum absolute atomic E-state index is 12.4. The van der Waals surface area contributed by atoms with Gasteiger partial charge in [0.1, 0.15) is 0 Å². The normalized spacial score (nSPS) is 16.2. The Morgan fingerprint density at radius 3 is 2.08 bits per heavy atom. The summed E-state index contributed by atoms with van der Waals surface area (Å²) in [6, 6.07) is 10.2. The van der Waals surface area contributed by atoms with Crippen molar-refractivity contribution in [2.24, 2.45) is 7.05 Å². The fraction of sp³-hybridized carbons (Fsp3) is 0.273. The molecule has 1 aliphatic rings. The van der Waals surface area contributed by atoms with E-state index in [0.29, 0.717) is 11.1 Å². The molecule has 26 heavy (non-hydrogen) atoms. The molecule has 0 amide bonds. The molecule has 4 heteroatoms. The molecule has 134 valence electrons. The SMILES string of the molecule is CC(C)=C1C(=O)OC(=O)/C1=C(/C)c1c(C)c(-c2ccccc2)n(C)c1C. The number of aromatic nitrogens is 1. The Kier molecular flexibility index (Phi) is 4.45. The molecule has 3 rings (SSSR count). The van der Waals surface area contributed by atoms with E-state index in [1.165, 1.54) is 0 Å². The first-order valence-corrected chi connectivity index (χ1v) is 8.62. The average Bonchev–Trinajstić information content (AvgIpc) is 3.01. The minimum absolute atomic E-state index is 0.381. The molecule has 2 aromatic rings. The number of rotatable bonds is 2. The Hall–Kier alpha value is -2.88. The van der Waals surface area contributed by atoms with Crippen LogP contribution >= 0.6 is 0 Å². The maximum Gasteiger partial charge on any atom is 0.347 e.